The highest BCUT2D eigenvalue weighted by atomic mass is 19.1. The number of hydroxylamine groups is 2. The number of hydrogen-bond donors (Lipinski definition) is 3. The molecule has 0 radical (unpaired) electrons. The Labute approximate surface area is 212 Å². The van der Waals surface area contributed by atoms with E-state index in [2.05, 4.69) is 0 Å². The van der Waals surface area contributed by atoms with E-state index in [0.717, 1.165) is 15.8 Å². The fraction of sp³-hybridized carbons (Fsp3) is 0.458. The van der Waals surface area contributed by atoms with E-state index in [0.29, 0.717) is 12.1 Å². The molecule has 5 rings (SSSR count). The van der Waals surface area contributed by atoms with E-state index < -0.39 is 100 Å². The van der Waals surface area contributed by atoms with Crippen molar-refractivity contribution in [1.29, 1.82) is 0 Å². The molecule has 14 heteroatoms. The number of pyridine rings is 1. The molecule has 1 aromatic carbocycles. The van der Waals surface area contributed by atoms with Crippen LogP contribution in [0.1, 0.15) is 52.2 Å². The van der Waals surface area contributed by atoms with Crippen LogP contribution in [0.15, 0.2) is 23.1 Å². The second kappa shape index (κ2) is 9.06. The summed E-state index contributed by atoms with van der Waals surface area (Å²) in [7, 11) is 0. The third-order valence-corrected chi connectivity index (χ3v) is 7.79. The number of aliphatic hydroxyl groups is 1. The van der Waals surface area contributed by atoms with E-state index in [-0.39, 0.29) is 19.4 Å². The number of halogens is 4. The minimum atomic E-state index is -1.72. The molecular formula is C24H24F4N4O6. The number of nitrogens with zero attached hydrogens (tertiary/aromatic N) is 3. The van der Waals surface area contributed by atoms with Crippen molar-refractivity contribution < 1.29 is 42.2 Å². The summed E-state index contributed by atoms with van der Waals surface area (Å²) < 4.78 is 57.7. The maximum Gasteiger partial charge on any atom is 0.274 e. The van der Waals surface area contributed by atoms with Gasteiger partial charge >= 0.3 is 0 Å². The largest absolute Gasteiger partial charge is 0.503 e. The summed E-state index contributed by atoms with van der Waals surface area (Å²) >= 11 is 0. The average Bonchev–Trinajstić information content (AvgIpc) is 3.04. The molecular weight excluding hydrogens is 516 g/mol. The standard InChI is InChI=1S/C24H24F4N4O6/c1-10-2-3-24(17-9-30(10)23(37)18-20(34)19(33)13(22(29)36)7-31(17)18)21(35)16(6-25)32(38-24)8-12-14(27)4-11(26)5-15(12)28/h4-5,7,10,16-17,21,34-35H,2-3,6,8-9H2,1H3,(H2,29,36). The summed E-state index contributed by atoms with van der Waals surface area (Å²) in [5.74, 6) is -6.52. The van der Waals surface area contributed by atoms with Crippen molar-refractivity contribution in [2.24, 2.45) is 5.73 Å². The Kier molecular flexibility index (Phi) is 6.23. The zero-order valence-corrected chi connectivity index (χ0v) is 20.0. The van der Waals surface area contributed by atoms with Gasteiger partial charge in [0.25, 0.3) is 11.8 Å². The van der Waals surface area contributed by atoms with Gasteiger partial charge in [0.1, 0.15) is 41.4 Å². The first-order valence-corrected chi connectivity index (χ1v) is 11.8. The summed E-state index contributed by atoms with van der Waals surface area (Å²) in [6.07, 6.45) is -0.396. The number of carbonyl (C=O) groups is 2. The van der Waals surface area contributed by atoms with Crippen LogP contribution in [0, 0.1) is 17.5 Å². The molecule has 4 heterocycles. The van der Waals surface area contributed by atoms with Crippen LogP contribution in [-0.4, -0.2) is 73.6 Å². The normalized spacial score (nSPS) is 29.0. The van der Waals surface area contributed by atoms with Gasteiger partial charge in [-0.3, -0.25) is 19.2 Å². The third-order valence-electron chi connectivity index (χ3n) is 7.79. The van der Waals surface area contributed by atoms with E-state index in [1.165, 1.54) is 4.90 Å². The fourth-order valence-electron chi connectivity index (χ4n) is 5.74. The molecule has 204 valence electrons. The lowest BCUT2D eigenvalue weighted by Gasteiger charge is -2.43. The molecule has 38 heavy (non-hydrogen) atoms. The Hall–Kier alpha value is -3.49. The lowest BCUT2D eigenvalue weighted by atomic mass is 9.81. The number of fused-ring (bicyclic) bond motifs is 5. The van der Waals surface area contributed by atoms with E-state index in [1.54, 1.807) is 6.92 Å². The van der Waals surface area contributed by atoms with Gasteiger partial charge < -0.3 is 25.4 Å². The van der Waals surface area contributed by atoms with Crippen molar-refractivity contribution in [1.82, 2.24) is 14.5 Å². The van der Waals surface area contributed by atoms with Gasteiger partial charge in [0.15, 0.2) is 11.4 Å². The zero-order valence-electron chi connectivity index (χ0n) is 20.0. The highest BCUT2D eigenvalue weighted by molar-refractivity contribution is 5.99. The maximum atomic E-state index is 14.4. The van der Waals surface area contributed by atoms with Crippen molar-refractivity contribution in [3.63, 3.8) is 0 Å². The van der Waals surface area contributed by atoms with Crippen LogP contribution in [0.3, 0.4) is 0 Å². The number of hydrogen-bond acceptors (Lipinski definition) is 7. The van der Waals surface area contributed by atoms with Gasteiger partial charge in [-0.15, -0.1) is 0 Å². The number of aromatic nitrogens is 1. The lowest BCUT2D eigenvalue weighted by molar-refractivity contribution is -0.234. The number of rotatable bonds is 4. The van der Waals surface area contributed by atoms with Gasteiger partial charge in [0.05, 0.1) is 18.6 Å². The van der Waals surface area contributed by atoms with Crippen LogP contribution < -0.4 is 11.2 Å². The fourth-order valence-corrected chi connectivity index (χ4v) is 5.74. The number of amides is 2. The predicted molar refractivity (Wildman–Crippen MR) is 121 cm³/mol. The van der Waals surface area contributed by atoms with Gasteiger partial charge in [-0.2, -0.15) is 5.06 Å². The van der Waals surface area contributed by atoms with Crippen molar-refractivity contribution in [2.75, 3.05) is 13.2 Å². The molecule has 2 bridgehead atoms. The number of benzene rings is 1. The Morgan fingerprint density at radius 1 is 1.24 bits per heavy atom. The lowest BCUT2D eigenvalue weighted by Crippen LogP contribution is -2.56. The first-order chi connectivity index (χ1) is 17.9. The van der Waals surface area contributed by atoms with Gasteiger partial charge in [-0.1, -0.05) is 0 Å². The summed E-state index contributed by atoms with van der Waals surface area (Å²) in [6.45, 7) is -0.319. The van der Waals surface area contributed by atoms with Crippen molar-refractivity contribution in [2.45, 2.75) is 56.1 Å². The molecule has 2 aromatic rings. The van der Waals surface area contributed by atoms with Crippen LogP contribution in [0.4, 0.5) is 17.6 Å². The SMILES string of the molecule is CC1CCC2(ON(Cc3c(F)cc(F)cc3F)C(CF)C2O)C2CN1C(=O)c1c(O)c(=O)c(C(N)=O)cn12. The minimum absolute atomic E-state index is 0.0173. The van der Waals surface area contributed by atoms with Gasteiger partial charge in [0.2, 0.25) is 5.43 Å². The quantitative estimate of drug-likeness (QED) is 0.495. The van der Waals surface area contributed by atoms with Gasteiger partial charge in [-0.25, -0.2) is 17.6 Å². The first kappa shape index (κ1) is 26.1. The highest BCUT2D eigenvalue weighted by Crippen LogP contribution is 2.49. The van der Waals surface area contributed by atoms with E-state index >= 15 is 0 Å². The predicted octanol–water partition coefficient (Wildman–Crippen LogP) is 1.13. The van der Waals surface area contributed by atoms with E-state index in [4.69, 9.17) is 10.6 Å². The Morgan fingerprint density at radius 2 is 1.89 bits per heavy atom. The number of alkyl halides is 1. The van der Waals surface area contributed by atoms with E-state index in [1.807, 2.05) is 0 Å². The smallest absolute Gasteiger partial charge is 0.274 e. The molecule has 2 amide bonds. The Morgan fingerprint density at radius 3 is 2.50 bits per heavy atom. The molecule has 10 nitrogen and oxygen atoms in total. The summed E-state index contributed by atoms with van der Waals surface area (Å²) in [5, 5.41) is 22.9. The van der Waals surface area contributed by atoms with Crippen molar-refractivity contribution in [3.05, 3.63) is 62.8 Å². The Balaban J connectivity index is 1.66. The second-order valence-electron chi connectivity index (χ2n) is 9.84. The molecule has 1 spiro atoms. The minimum Gasteiger partial charge on any atom is -0.503 e. The highest BCUT2D eigenvalue weighted by Gasteiger charge is 2.62. The first-order valence-electron chi connectivity index (χ1n) is 11.8. The topological polar surface area (TPSA) is 138 Å². The Bertz CT molecular complexity index is 1380. The summed E-state index contributed by atoms with van der Waals surface area (Å²) in [6, 6.07) is -2.05. The zero-order chi connectivity index (χ0) is 27.7. The molecule has 1 aromatic heterocycles. The third kappa shape index (κ3) is 3.69. The number of carbonyl (C=O) groups excluding carboxylic acids is 2. The monoisotopic (exact) mass is 540 g/mol. The molecule has 3 aliphatic rings. The average molecular weight is 540 g/mol. The second-order valence-corrected chi connectivity index (χ2v) is 9.84. The summed E-state index contributed by atoms with van der Waals surface area (Å²) in [4.78, 5) is 45.2. The van der Waals surface area contributed by atoms with Crippen LogP contribution in [0.2, 0.25) is 0 Å². The van der Waals surface area contributed by atoms with Crippen LogP contribution in [0.25, 0.3) is 0 Å². The molecule has 0 aliphatic carbocycles. The number of nitrogens with two attached hydrogens (primary N) is 1. The molecule has 4 N–H and O–H groups in total. The van der Waals surface area contributed by atoms with Crippen molar-refractivity contribution >= 4 is 11.8 Å². The maximum absolute atomic E-state index is 14.4. The van der Waals surface area contributed by atoms with Crippen LogP contribution in [-0.2, 0) is 11.4 Å². The van der Waals surface area contributed by atoms with E-state index in [9.17, 15) is 42.2 Å². The molecule has 0 saturated carbocycles. The molecule has 3 aliphatic heterocycles. The van der Waals surface area contributed by atoms with Crippen LogP contribution >= 0.6 is 0 Å². The number of primary amides is 1. The number of aromatic hydroxyl groups is 1. The molecule has 2 saturated heterocycles. The van der Waals surface area contributed by atoms with Crippen molar-refractivity contribution in [3.8, 4) is 5.75 Å². The van der Waals surface area contributed by atoms with Gasteiger partial charge in [-0.05, 0) is 19.8 Å². The van der Waals surface area contributed by atoms with Gasteiger partial charge in [0, 0.05) is 36.5 Å². The molecule has 5 atom stereocenters. The molecule has 5 unspecified atom stereocenters. The molecule has 2 fully saturated rings. The summed E-state index contributed by atoms with van der Waals surface area (Å²) in [5.41, 5.74) is 0.715. The number of aliphatic hydroxyl groups excluding tert-OH is 1. The van der Waals surface area contributed by atoms with Crippen LogP contribution in [0.5, 0.6) is 5.75 Å².